The van der Waals surface area contributed by atoms with Crippen molar-refractivity contribution in [2.75, 3.05) is 6.61 Å². The van der Waals surface area contributed by atoms with Crippen LogP contribution in [0.4, 0.5) is 0 Å². The van der Waals surface area contributed by atoms with E-state index in [-0.39, 0.29) is 5.97 Å². The van der Waals surface area contributed by atoms with Crippen LogP contribution in [0.1, 0.15) is 124 Å². The van der Waals surface area contributed by atoms with Gasteiger partial charge in [0, 0.05) is 12.8 Å². The fourth-order valence-corrected chi connectivity index (χ4v) is 3.05. The van der Waals surface area contributed by atoms with Crippen molar-refractivity contribution in [1.82, 2.24) is 0 Å². The molecule has 2 heteroatoms. The Morgan fingerprint density at radius 1 is 0.680 bits per heavy atom. The fourth-order valence-electron chi connectivity index (χ4n) is 3.05. The minimum atomic E-state index is -0.0154. The Balaban J connectivity index is 4.01. The first-order valence-corrected chi connectivity index (χ1v) is 11.1. The molecule has 0 heterocycles. The van der Waals surface area contributed by atoms with Crippen molar-refractivity contribution in [1.29, 1.82) is 0 Å². The average molecular weight is 353 g/mol. The molecule has 0 saturated carbocycles. The summed E-state index contributed by atoms with van der Waals surface area (Å²) in [5.74, 6) is -0.0154. The summed E-state index contributed by atoms with van der Waals surface area (Å²) in [6.07, 6.45) is 21.5. The lowest BCUT2D eigenvalue weighted by atomic mass is 10.0. The first-order valence-electron chi connectivity index (χ1n) is 11.1. The van der Waals surface area contributed by atoms with Gasteiger partial charge in [-0.05, 0) is 32.1 Å². The molecule has 0 aliphatic rings. The molecule has 148 valence electrons. The quantitative estimate of drug-likeness (QED) is 0.143. The number of hydrogen-bond donors (Lipinski definition) is 0. The Morgan fingerprint density at radius 2 is 1.24 bits per heavy atom. The van der Waals surface area contributed by atoms with Crippen LogP contribution in [0.15, 0.2) is 11.6 Å². The molecule has 0 spiro atoms. The van der Waals surface area contributed by atoms with E-state index >= 15 is 0 Å². The maximum absolute atomic E-state index is 11.7. The van der Waals surface area contributed by atoms with Gasteiger partial charge in [0.1, 0.15) is 0 Å². The number of esters is 1. The van der Waals surface area contributed by atoms with Gasteiger partial charge in [-0.3, -0.25) is 4.79 Å². The number of carbonyl (C=O) groups excluding carboxylic acids is 1. The highest BCUT2D eigenvalue weighted by atomic mass is 16.5. The van der Waals surface area contributed by atoms with Crippen molar-refractivity contribution in [2.24, 2.45) is 0 Å². The zero-order chi connectivity index (χ0) is 18.6. The summed E-state index contributed by atoms with van der Waals surface area (Å²) in [4.78, 5) is 11.7. The van der Waals surface area contributed by atoms with Crippen LogP contribution >= 0.6 is 0 Å². The summed E-state index contributed by atoms with van der Waals surface area (Å²) in [6, 6.07) is 0. The third-order valence-electron chi connectivity index (χ3n) is 4.76. The Labute approximate surface area is 157 Å². The summed E-state index contributed by atoms with van der Waals surface area (Å²) >= 11 is 0. The molecular formula is C23H44O2. The number of ether oxygens (including phenoxy) is 1. The van der Waals surface area contributed by atoms with Crippen LogP contribution in [0.2, 0.25) is 0 Å². The van der Waals surface area contributed by atoms with Gasteiger partial charge in [-0.2, -0.15) is 0 Å². The van der Waals surface area contributed by atoms with Gasteiger partial charge in [-0.25, -0.2) is 0 Å². The third kappa shape index (κ3) is 17.8. The Bertz CT molecular complexity index is 320. The van der Waals surface area contributed by atoms with Gasteiger partial charge in [0.2, 0.25) is 0 Å². The number of allylic oxidation sites excluding steroid dienone is 1. The predicted molar refractivity (Wildman–Crippen MR) is 110 cm³/mol. The molecule has 0 aromatic heterocycles. The van der Waals surface area contributed by atoms with Gasteiger partial charge in [0.25, 0.3) is 0 Å². The molecule has 0 atom stereocenters. The van der Waals surface area contributed by atoms with E-state index in [0.29, 0.717) is 13.0 Å². The highest BCUT2D eigenvalue weighted by Crippen LogP contribution is 2.17. The predicted octanol–water partition coefficient (Wildman–Crippen LogP) is 7.76. The summed E-state index contributed by atoms with van der Waals surface area (Å²) in [5.41, 5.74) is 1.51. The number of carbonyl (C=O) groups is 1. The topological polar surface area (TPSA) is 26.3 Å². The number of rotatable bonds is 18. The smallest absolute Gasteiger partial charge is 0.305 e. The molecule has 0 bridgehead atoms. The summed E-state index contributed by atoms with van der Waals surface area (Å²) in [5, 5.41) is 0. The normalized spacial score (nSPS) is 11.7. The van der Waals surface area contributed by atoms with Crippen molar-refractivity contribution in [2.45, 2.75) is 124 Å². The third-order valence-corrected chi connectivity index (χ3v) is 4.76. The second-order valence-electron chi connectivity index (χ2n) is 7.30. The molecule has 0 amide bonds. The minimum absolute atomic E-state index is 0.0154. The Hall–Kier alpha value is -0.790. The minimum Gasteiger partial charge on any atom is -0.465 e. The van der Waals surface area contributed by atoms with Crippen LogP contribution in [0.5, 0.6) is 0 Å². The molecule has 0 rings (SSSR count). The molecule has 0 saturated heterocycles. The fraction of sp³-hybridized carbons (Fsp3) is 0.870. The maximum Gasteiger partial charge on any atom is 0.305 e. The molecule has 0 fully saturated rings. The van der Waals surface area contributed by atoms with Crippen LogP contribution in [0.3, 0.4) is 0 Å². The molecule has 2 nitrogen and oxygen atoms in total. The highest BCUT2D eigenvalue weighted by molar-refractivity contribution is 5.69. The zero-order valence-corrected chi connectivity index (χ0v) is 17.4. The molecule has 0 aromatic rings. The lowest BCUT2D eigenvalue weighted by Gasteiger charge is -2.09. The molecule has 0 N–H and O–H groups in total. The van der Waals surface area contributed by atoms with E-state index in [0.717, 1.165) is 25.7 Å². The summed E-state index contributed by atoms with van der Waals surface area (Å²) in [6.45, 7) is 7.24. The van der Waals surface area contributed by atoms with E-state index < -0.39 is 0 Å². The van der Waals surface area contributed by atoms with E-state index in [2.05, 4.69) is 26.8 Å². The SMILES string of the molecule is CCCCCC=C(CCCCCCCC)CCOC(=O)CCCCC. The molecule has 0 aliphatic heterocycles. The van der Waals surface area contributed by atoms with Crippen LogP contribution in [0, 0.1) is 0 Å². The van der Waals surface area contributed by atoms with E-state index in [1.807, 2.05) is 0 Å². The second kappa shape index (κ2) is 19.5. The standard InChI is InChI=1S/C23H44O2/c1-4-7-10-12-13-16-18-22(17-15-11-8-5-2)20-21-25-23(24)19-14-9-6-3/h17H,4-16,18-21H2,1-3H3. The first kappa shape index (κ1) is 24.2. The van der Waals surface area contributed by atoms with Crippen molar-refractivity contribution in [3.63, 3.8) is 0 Å². The van der Waals surface area contributed by atoms with Crippen molar-refractivity contribution in [3.8, 4) is 0 Å². The van der Waals surface area contributed by atoms with Crippen LogP contribution in [-0.2, 0) is 9.53 Å². The lowest BCUT2D eigenvalue weighted by Crippen LogP contribution is -2.06. The highest BCUT2D eigenvalue weighted by Gasteiger charge is 2.04. The lowest BCUT2D eigenvalue weighted by molar-refractivity contribution is -0.143. The second-order valence-corrected chi connectivity index (χ2v) is 7.30. The number of hydrogen-bond acceptors (Lipinski definition) is 2. The van der Waals surface area contributed by atoms with Gasteiger partial charge < -0.3 is 4.74 Å². The molecule has 0 aliphatic carbocycles. The average Bonchev–Trinajstić information content (AvgIpc) is 2.61. The van der Waals surface area contributed by atoms with Crippen molar-refractivity contribution >= 4 is 5.97 Å². The van der Waals surface area contributed by atoms with Gasteiger partial charge in [-0.15, -0.1) is 0 Å². The van der Waals surface area contributed by atoms with Gasteiger partial charge >= 0.3 is 5.97 Å². The van der Waals surface area contributed by atoms with Gasteiger partial charge in [0.05, 0.1) is 6.61 Å². The summed E-state index contributed by atoms with van der Waals surface area (Å²) < 4.78 is 5.43. The van der Waals surface area contributed by atoms with Crippen LogP contribution < -0.4 is 0 Å². The van der Waals surface area contributed by atoms with E-state index in [1.54, 1.807) is 0 Å². The molecule has 25 heavy (non-hydrogen) atoms. The summed E-state index contributed by atoms with van der Waals surface area (Å²) in [7, 11) is 0. The van der Waals surface area contributed by atoms with Gasteiger partial charge in [0.15, 0.2) is 0 Å². The van der Waals surface area contributed by atoms with E-state index in [9.17, 15) is 4.79 Å². The zero-order valence-electron chi connectivity index (χ0n) is 17.4. The largest absolute Gasteiger partial charge is 0.465 e. The van der Waals surface area contributed by atoms with E-state index in [4.69, 9.17) is 4.74 Å². The molecule has 0 unspecified atom stereocenters. The molecular weight excluding hydrogens is 308 g/mol. The van der Waals surface area contributed by atoms with Crippen LogP contribution in [-0.4, -0.2) is 12.6 Å². The Kier molecular flexibility index (Phi) is 18.9. The van der Waals surface area contributed by atoms with Crippen molar-refractivity contribution in [3.05, 3.63) is 11.6 Å². The maximum atomic E-state index is 11.7. The molecule has 0 aromatic carbocycles. The Morgan fingerprint density at radius 3 is 1.96 bits per heavy atom. The van der Waals surface area contributed by atoms with Crippen molar-refractivity contribution < 1.29 is 9.53 Å². The monoisotopic (exact) mass is 352 g/mol. The van der Waals surface area contributed by atoms with Crippen LogP contribution in [0.25, 0.3) is 0 Å². The van der Waals surface area contributed by atoms with Gasteiger partial charge in [-0.1, -0.05) is 90.2 Å². The molecule has 0 radical (unpaired) electrons. The number of unbranched alkanes of at least 4 members (excludes halogenated alkanes) is 10. The first-order chi connectivity index (χ1) is 12.2. The van der Waals surface area contributed by atoms with E-state index in [1.165, 1.54) is 76.2 Å².